The summed E-state index contributed by atoms with van der Waals surface area (Å²) in [6.45, 7) is 4.45. The van der Waals surface area contributed by atoms with Crippen LogP contribution in [0.15, 0.2) is 73.1 Å². The number of fused-ring (bicyclic) bond motifs is 2. The SMILES string of the molecule is CC(=O)NCCNCc1cnc2c(N3CCc4c(-c5ccccc5)cccc43)nccc2c1. The van der Waals surface area contributed by atoms with Crippen LogP contribution >= 0.6 is 0 Å². The predicted octanol–water partition coefficient (Wildman–Crippen LogP) is 4.22. The molecule has 2 aromatic heterocycles. The van der Waals surface area contributed by atoms with E-state index in [0.29, 0.717) is 19.6 Å². The standard InChI is InChI=1S/C27H27N5O/c1-19(33)29-14-13-28-17-20-16-22-10-12-30-27(26(22)31-18-20)32-15-11-24-23(8-5-9-25(24)32)21-6-3-2-4-7-21/h2-10,12,16,18,28H,11,13-15,17H2,1H3,(H,29,33). The maximum absolute atomic E-state index is 11.0. The Morgan fingerprint density at radius 1 is 1.03 bits per heavy atom. The maximum Gasteiger partial charge on any atom is 0.216 e. The molecule has 0 saturated carbocycles. The lowest BCUT2D eigenvalue weighted by Gasteiger charge is -2.20. The van der Waals surface area contributed by atoms with E-state index in [1.54, 1.807) is 0 Å². The van der Waals surface area contributed by atoms with Crippen molar-refractivity contribution in [3.8, 4) is 11.1 Å². The molecule has 1 aliphatic heterocycles. The van der Waals surface area contributed by atoms with Crippen LogP contribution in [0.4, 0.5) is 11.5 Å². The topological polar surface area (TPSA) is 70.2 Å². The second kappa shape index (κ2) is 9.38. The summed E-state index contributed by atoms with van der Waals surface area (Å²) in [4.78, 5) is 22.8. The number of nitrogens with one attached hydrogen (secondary N) is 2. The number of hydrogen-bond acceptors (Lipinski definition) is 5. The summed E-state index contributed by atoms with van der Waals surface area (Å²) in [6, 6.07) is 21.3. The van der Waals surface area contributed by atoms with E-state index in [9.17, 15) is 4.79 Å². The van der Waals surface area contributed by atoms with Gasteiger partial charge in [0, 0.05) is 56.6 Å². The number of carbonyl (C=O) groups is 1. The molecule has 0 radical (unpaired) electrons. The van der Waals surface area contributed by atoms with Gasteiger partial charge < -0.3 is 15.5 Å². The highest BCUT2D eigenvalue weighted by atomic mass is 16.1. The molecule has 0 bridgehead atoms. The maximum atomic E-state index is 11.0. The largest absolute Gasteiger partial charge is 0.355 e. The molecule has 0 atom stereocenters. The van der Waals surface area contributed by atoms with Gasteiger partial charge in [-0.05, 0) is 46.9 Å². The molecule has 6 heteroatoms. The molecular formula is C27H27N5O. The zero-order valence-corrected chi connectivity index (χ0v) is 18.7. The average molecular weight is 438 g/mol. The van der Waals surface area contributed by atoms with Crippen molar-refractivity contribution in [2.24, 2.45) is 0 Å². The summed E-state index contributed by atoms with van der Waals surface area (Å²) in [6.07, 6.45) is 4.76. The molecule has 4 aromatic rings. The number of benzene rings is 2. The van der Waals surface area contributed by atoms with Gasteiger partial charge in [-0.3, -0.25) is 9.78 Å². The van der Waals surface area contributed by atoms with E-state index >= 15 is 0 Å². The van der Waals surface area contributed by atoms with Crippen LogP contribution in [-0.2, 0) is 17.8 Å². The number of hydrogen-bond donors (Lipinski definition) is 2. The van der Waals surface area contributed by atoms with Crippen molar-refractivity contribution < 1.29 is 4.79 Å². The zero-order valence-electron chi connectivity index (χ0n) is 18.7. The lowest BCUT2D eigenvalue weighted by Crippen LogP contribution is -2.29. The van der Waals surface area contributed by atoms with Gasteiger partial charge in [0.1, 0.15) is 5.52 Å². The molecule has 33 heavy (non-hydrogen) atoms. The fourth-order valence-electron chi connectivity index (χ4n) is 4.49. The molecule has 2 aromatic carbocycles. The molecule has 0 unspecified atom stereocenters. The summed E-state index contributed by atoms with van der Waals surface area (Å²) in [5, 5.41) is 7.21. The molecule has 0 spiro atoms. The van der Waals surface area contributed by atoms with Crippen LogP contribution < -0.4 is 15.5 Å². The van der Waals surface area contributed by atoms with E-state index in [0.717, 1.165) is 35.2 Å². The number of amides is 1. The Morgan fingerprint density at radius 3 is 2.76 bits per heavy atom. The zero-order chi connectivity index (χ0) is 22.6. The first kappa shape index (κ1) is 21.1. The van der Waals surface area contributed by atoms with Gasteiger partial charge in [0.2, 0.25) is 5.91 Å². The van der Waals surface area contributed by atoms with Gasteiger partial charge in [-0.15, -0.1) is 0 Å². The van der Waals surface area contributed by atoms with Crippen molar-refractivity contribution in [1.82, 2.24) is 20.6 Å². The van der Waals surface area contributed by atoms with Gasteiger partial charge in [0.15, 0.2) is 5.82 Å². The molecule has 1 aliphatic rings. The number of aromatic nitrogens is 2. The van der Waals surface area contributed by atoms with Gasteiger partial charge in [-0.2, -0.15) is 0 Å². The highest BCUT2D eigenvalue weighted by Gasteiger charge is 2.25. The third kappa shape index (κ3) is 4.43. The molecule has 3 heterocycles. The van der Waals surface area contributed by atoms with Gasteiger partial charge >= 0.3 is 0 Å². The fourth-order valence-corrected chi connectivity index (χ4v) is 4.49. The Morgan fingerprint density at radius 2 is 1.91 bits per heavy atom. The molecule has 166 valence electrons. The number of nitrogens with zero attached hydrogens (tertiary/aromatic N) is 3. The van der Waals surface area contributed by atoms with Crippen molar-refractivity contribution in [3.05, 3.63) is 84.2 Å². The van der Waals surface area contributed by atoms with Crippen LogP contribution in [0, 0.1) is 0 Å². The molecule has 2 N–H and O–H groups in total. The van der Waals surface area contributed by atoms with E-state index < -0.39 is 0 Å². The van der Waals surface area contributed by atoms with Gasteiger partial charge in [0.05, 0.1) is 0 Å². The molecule has 5 rings (SSSR count). The van der Waals surface area contributed by atoms with Crippen LogP contribution in [0.3, 0.4) is 0 Å². The van der Waals surface area contributed by atoms with E-state index in [4.69, 9.17) is 9.97 Å². The van der Waals surface area contributed by atoms with Gasteiger partial charge in [-0.1, -0.05) is 42.5 Å². The fraction of sp³-hybridized carbons (Fsp3) is 0.222. The lowest BCUT2D eigenvalue weighted by molar-refractivity contribution is -0.118. The van der Waals surface area contributed by atoms with Crippen LogP contribution in [-0.4, -0.2) is 35.5 Å². The van der Waals surface area contributed by atoms with Crippen LogP contribution in [0.1, 0.15) is 18.1 Å². The molecule has 0 saturated heterocycles. The Bertz CT molecular complexity index is 1290. The molecule has 0 aliphatic carbocycles. The molecule has 1 amide bonds. The Labute approximate surface area is 193 Å². The van der Waals surface area contributed by atoms with Crippen molar-refractivity contribution in [3.63, 3.8) is 0 Å². The molecule has 0 fully saturated rings. The van der Waals surface area contributed by atoms with E-state index in [2.05, 4.69) is 70.1 Å². The predicted molar refractivity (Wildman–Crippen MR) is 133 cm³/mol. The number of carbonyl (C=O) groups excluding carboxylic acids is 1. The normalized spacial score (nSPS) is 12.7. The minimum atomic E-state index is -0.0106. The number of anilines is 2. The number of pyridine rings is 2. The third-order valence-electron chi connectivity index (χ3n) is 6.01. The van der Waals surface area contributed by atoms with Crippen LogP contribution in [0.25, 0.3) is 22.0 Å². The van der Waals surface area contributed by atoms with E-state index in [1.807, 2.05) is 18.5 Å². The monoisotopic (exact) mass is 437 g/mol. The quantitative estimate of drug-likeness (QED) is 0.424. The van der Waals surface area contributed by atoms with Crippen molar-refractivity contribution in [2.75, 3.05) is 24.5 Å². The molecule has 6 nitrogen and oxygen atoms in total. The van der Waals surface area contributed by atoms with E-state index in [1.165, 1.54) is 29.3 Å². The van der Waals surface area contributed by atoms with Gasteiger partial charge in [0.25, 0.3) is 0 Å². The summed E-state index contributed by atoms with van der Waals surface area (Å²) in [5.74, 6) is 0.894. The first-order valence-corrected chi connectivity index (χ1v) is 11.3. The first-order chi connectivity index (χ1) is 16.2. The average Bonchev–Trinajstić information content (AvgIpc) is 3.28. The first-order valence-electron chi connectivity index (χ1n) is 11.3. The number of rotatable bonds is 7. The third-order valence-corrected chi connectivity index (χ3v) is 6.01. The summed E-state index contributed by atoms with van der Waals surface area (Å²) >= 11 is 0. The second-order valence-electron chi connectivity index (χ2n) is 8.28. The van der Waals surface area contributed by atoms with E-state index in [-0.39, 0.29) is 5.91 Å². The van der Waals surface area contributed by atoms with Crippen molar-refractivity contribution in [2.45, 2.75) is 19.9 Å². The highest BCUT2D eigenvalue weighted by molar-refractivity contribution is 5.92. The Balaban J connectivity index is 1.40. The van der Waals surface area contributed by atoms with Crippen molar-refractivity contribution in [1.29, 1.82) is 0 Å². The summed E-state index contributed by atoms with van der Waals surface area (Å²) in [5.41, 5.74) is 7.13. The van der Waals surface area contributed by atoms with Crippen LogP contribution in [0.5, 0.6) is 0 Å². The Hall–Kier alpha value is -3.77. The smallest absolute Gasteiger partial charge is 0.216 e. The van der Waals surface area contributed by atoms with Crippen molar-refractivity contribution >= 4 is 28.3 Å². The van der Waals surface area contributed by atoms with Crippen LogP contribution in [0.2, 0.25) is 0 Å². The lowest BCUT2D eigenvalue weighted by atomic mass is 9.98. The van der Waals surface area contributed by atoms with Gasteiger partial charge in [-0.25, -0.2) is 4.98 Å². The Kier molecular flexibility index (Phi) is 6.00. The summed E-state index contributed by atoms with van der Waals surface area (Å²) < 4.78 is 0. The second-order valence-corrected chi connectivity index (χ2v) is 8.28. The molecular weight excluding hydrogens is 410 g/mol. The highest BCUT2D eigenvalue weighted by Crippen LogP contribution is 2.40. The summed E-state index contributed by atoms with van der Waals surface area (Å²) in [7, 11) is 0. The minimum Gasteiger partial charge on any atom is -0.355 e. The minimum absolute atomic E-state index is 0.0106.